The van der Waals surface area contributed by atoms with Crippen molar-refractivity contribution < 1.29 is 27.2 Å². The number of halogens is 1. The summed E-state index contributed by atoms with van der Waals surface area (Å²) < 4.78 is 45.5. The lowest BCUT2D eigenvalue weighted by atomic mass is 10.00. The van der Waals surface area contributed by atoms with Crippen LogP contribution < -0.4 is 9.62 Å². The molecule has 1 aliphatic heterocycles. The van der Waals surface area contributed by atoms with Gasteiger partial charge in [-0.25, -0.2) is 22.3 Å². The summed E-state index contributed by atoms with van der Waals surface area (Å²) in [6.45, 7) is 3.14. The first kappa shape index (κ1) is 23.8. The molecule has 1 unspecified atom stereocenters. The number of nitrogens with zero attached hydrogens (tertiary/aromatic N) is 3. The number of aromatic carboxylic acids is 1. The van der Waals surface area contributed by atoms with Gasteiger partial charge in [-0.2, -0.15) is 4.98 Å². The van der Waals surface area contributed by atoms with Gasteiger partial charge in [0.15, 0.2) is 0 Å². The molecule has 0 aliphatic carbocycles. The van der Waals surface area contributed by atoms with Gasteiger partial charge in [0.25, 0.3) is 5.89 Å². The largest absolute Gasteiger partial charge is 0.478 e. The average molecular weight is 489 g/mol. The molecule has 1 fully saturated rings. The predicted octanol–water partition coefficient (Wildman–Crippen LogP) is 3.67. The molecule has 3 aromatic rings. The molecule has 11 heteroatoms. The van der Waals surface area contributed by atoms with Crippen LogP contribution in [0.2, 0.25) is 0 Å². The molecule has 0 amide bonds. The van der Waals surface area contributed by atoms with Crippen LogP contribution in [0.25, 0.3) is 22.8 Å². The van der Waals surface area contributed by atoms with Crippen LogP contribution in [0.1, 0.15) is 42.1 Å². The minimum absolute atomic E-state index is 0.105. The highest BCUT2D eigenvalue weighted by Crippen LogP contribution is 2.32. The van der Waals surface area contributed by atoms with Crippen LogP contribution in [0.4, 0.5) is 10.1 Å². The second-order valence-corrected chi connectivity index (χ2v) is 10.2. The maximum absolute atomic E-state index is 14.1. The van der Waals surface area contributed by atoms with E-state index in [1.165, 1.54) is 6.07 Å². The molecular weight excluding hydrogens is 463 g/mol. The summed E-state index contributed by atoms with van der Waals surface area (Å²) in [6, 6.07) is 9.47. The Balaban J connectivity index is 1.67. The minimum atomic E-state index is -3.40. The quantitative estimate of drug-likeness (QED) is 0.516. The number of aromatic nitrogens is 2. The van der Waals surface area contributed by atoms with E-state index in [0.29, 0.717) is 11.6 Å². The lowest BCUT2D eigenvalue weighted by Crippen LogP contribution is -2.38. The van der Waals surface area contributed by atoms with E-state index in [-0.39, 0.29) is 23.8 Å². The van der Waals surface area contributed by atoms with Gasteiger partial charge >= 0.3 is 5.97 Å². The Kier molecular flexibility index (Phi) is 6.67. The number of carbonyl (C=O) groups is 1. The molecule has 1 aromatic heterocycles. The molecule has 1 aliphatic rings. The van der Waals surface area contributed by atoms with Crippen LogP contribution in [0.15, 0.2) is 40.9 Å². The Morgan fingerprint density at radius 3 is 2.68 bits per heavy atom. The van der Waals surface area contributed by atoms with E-state index in [4.69, 9.17) is 9.63 Å². The van der Waals surface area contributed by atoms with E-state index >= 15 is 0 Å². The number of nitrogens with one attached hydrogen (secondary N) is 1. The van der Waals surface area contributed by atoms with E-state index in [9.17, 15) is 17.6 Å². The highest BCUT2D eigenvalue weighted by atomic mass is 32.2. The normalized spacial score (nSPS) is 16.6. The summed E-state index contributed by atoms with van der Waals surface area (Å²) in [5, 5.41) is 12.9. The molecule has 180 valence electrons. The first-order chi connectivity index (χ1) is 16.1. The van der Waals surface area contributed by atoms with Crippen molar-refractivity contribution in [3.8, 4) is 22.8 Å². The molecule has 2 aromatic carbocycles. The molecule has 1 saturated heterocycles. The number of piperidine rings is 1. The zero-order valence-corrected chi connectivity index (χ0v) is 19.6. The van der Waals surface area contributed by atoms with Gasteiger partial charge in [0, 0.05) is 35.9 Å². The van der Waals surface area contributed by atoms with Gasteiger partial charge in [0.05, 0.1) is 11.8 Å². The van der Waals surface area contributed by atoms with Gasteiger partial charge in [-0.05, 0) is 68.1 Å². The number of carboxylic acid groups (broad SMARTS) is 1. The summed E-state index contributed by atoms with van der Waals surface area (Å²) >= 11 is 0. The Morgan fingerprint density at radius 1 is 1.24 bits per heavy atom. The van der Waals surface area contributed by atoms with Crippen molar-refractivity contribution in [1.82, 2.24) is 14.9 Å². The van der Waals surface area contributed by atoms with Crippen molar-refractivity contribution in [2.45, 2.75) is 38.8 Å². The van der Waals surface area contributed by atoms with E-state index in [2.05, 4.69) is 26.7 Å². The van der Waals surface area contributed by atoms with Gasteiger partial charge in [0.1, 0.15) is 5.82 Å². The topological polar surface area (TPSA) is 126 Å². The summed E-state index contributed by atoms with van der Waals surface area (Å²) in [5.41, 5.74) is 2.12. The highest BCUT2D eigenvalue weighted by Gasteiger charge is 2.23. The van der Waals surface area contributed by atoms with Crippen LogP contribution in [0.3, 0.4) is 0 Å². The molecule has 1 atom stereocenters. The molecule has 9 nitrogen and oxygen atoms in total. The van der Waals surface area contributed by atoms with Crippen molar-refractivity contribution in [2.75, 3.05) is 17.7 Å². The van der Waals surface area contributed by atoms with Crippen molar-refractivity contribution in [2.24, 2.45) is 0 Å². The number of benzene rings is 2. The third-order valence-corrected chi connectivity index (χ3v) is 6.52. The van der Waals surface area contributed by atoms with Crippen LogP contribution in [-0.4, -0.2) is 48.5 Å². The summed E-state index contributed by atoms with van der Waals surface area (Å²) in [5.74, 6) is -1.98. The summed E-state index contributed by atoms with van der Waals surface area (Å²) in [7, 11) is -3.40. The van der Waals surface area contributed by atoms with Crippen molar-refractivity contribution in [3.05, 3.63) is 53.3 Å². The summed E-state index contributed by atoms with van der Waals surface area (Å²) in [6.07, 6.45) is 4.39. The molecule has 34 heavy (non-hydrogen) atoms. The second kappa shape index (κ2) is 9.51. The summed E-state index contributed by atoms with van der Waals surface area (Å²) in [4.78, 5) is 17.6. The number of hydrogen-bond acceptors (Lipinski definition) is 7. The lowest BCUT2D eigenvalue weighted by molar-refractivity contribution is 0.0692. The number of hydrogen-bond donors (Lipinski definition) is 2. The zero-order chi connectivity index (χ0) is 24.5. The molecule has 2 N–H and O–H groups in total. The smallest absolute Gasteiger partial charge is 0.338 e. The monoisotopic (exact) mass is 488 g/mol. The maximum atomic E-state index is 14.1. The molecule has 4 rings (SSSR count). The van der Waals surface area contributed by atoms with Gasteiger partial charge in [-0.15, -0.1) is 0 Å². The fraction of sp³-hybridized carbons (Fsp3) is 0.348. The molecular formula is C23H25FN4O5S. The number of carboxylic acids is 1. The Labute approximate surface area is 196 Å². The van der Waals surface area contributed by atoms with Crippen molar-refractivity contribution >= 4 is 21.7 Å². The fourth-order valence-electron chi connectivity index (χ4n) is 4.09. The third-order valence-electron chi connectivity index (χ3n) is 5.85. The molecule has 2 heterocycles. The number of sulfonamides is 1. The Morgan fingerprint density at radius 2 is 2.00 bits per heavy atom. The third kappa shape index (κ3) is 5.26. The van der Waals surface area contributed by atoms with Crippen molar-refractivity contribution in [1.29, 1.82) is 0 Å². The zero-order valence-electron chi connectivity index (χ0n) is 18.8. The standard InChI is InChI=1S/C23H25FN4O5S/c1-14-5-3-4-10-28(14)20-9-7-16(11-17(20)13-25-34(2,31)32)22-26-21(27-33-22)15-6-8-18(23(29)30)19(24)12-15/h6-9,11-12,14,25H,3-5,10,13H2,1-2H3,(H,29,30). The van der Waals surface area contributed by atoms with Crippen LogP contribution in [0.5, 0.6) is 0 Å². The molecule has 0 bridgehead atoms. The minimum Gasteiger partial charge on any atom is -0.478 e. The fourth-order valence-corrected chi connectivity index (χ4v) is 4.51. The first-order valence-corrected chi connectivity index (χ1v) is 12.7. The van der Waals surface area contributed by atoms with Crippen LogP contribution >= 0.6 is 0 Å². The SMILES string of the molecule is CC1CCCCN1c1ccc(-c2nc(-c3ccc(C(=O)O)c(F)c3)no2)cc1CNS(C)(=O)=O. The molecule has 0 saturated carbocycles. The van der Waals surface area contributed by atoms with E-state index < -0.39 is 27.4 Å². The maximum Gasteiger partial charge on any atom is 0.338 e. The van der Waals surface area contributed by atoms with Gasteiger partial charge < -0.3 is 14.5 Å². The van der Waals surface area contributed by atoms with Crippen LogP contribution in [0, 0.1) is 5.82 Å². The van der Waals surface area contributed by atoms with Crippen molar-refractivity contribution in [3.63, 3.8) is 0 Å². The lowest BCUT2D eigenvalue weighted by Gasteiger charge is -2.36. The second-order valence-electron chi connectivity index (χ2n) is 8.40. The van der Waals surface area contributed by atoms with Crippen LogP contribution in [-0.2, 0) is 16.6 Å². The first-order valence-electron chi connectivity index (χ1n) is 10.8. The number of rotatable bonds is 7. The van der Waals surface area contributed by atoms with E-state index in [1.54, 1.807) is 6.07 Å². The van der Waals surface area contributed by atoms with E-state index in [1.807, 2.05) is 12.1 Å². The van der Waals surface area contributed by atoms with Gasteiger partial charge in [-0.3, -0.25) is 0 Å². The molecule has 0 radical (unpaired) electrons. The van der Waals surface area contributed by atoms with E-state index in [0.717, 1.165) is 55.4 Å². The average Bonchev–Trinajstić information content (AvgIpc) is 3.27. The van der Waals surface area contributed by atoms with Gasteiger partial charge in [0.2, 0.25) is 15.8 Å². The predicted molar refractivity (Wildman–Crippen MR) is 124 cm³/mol. The highest BCUT2D eigenvalue weighted by molar-refractivity contribution is 7.88. The Bertz CT molecular complexity index is 1320. The van der Waals surface area contributed by atoms with Gasteiger partial charge in [-0.1, -0.05) is 5.16 Å². The Hall–Kier alpha value is -3.31. The number of anilines is 1. The molecule has 0 spiro atoms.